The minimum atomic E-state index is -3.42. The number of carbonyl (C=O) groups excluding carboxylic acids is 2. The lowest BCUT2D eigenvalue weighted by Crippen LogP contribution is -2.43. The van der Waals surface area contributed by atoms with Crippen LogP contribution in [0.3, 0.4) is 0 Å². The summed E-state index contributed by atoms with van der Waals surface area (Å²) in [5, 5.41) is 2.47. The van der Waals surface area contributed by atoms with Crippen molar-refractivity contribution < 1.29 is 32.7 Å². The molecule has 0 aliphatic carbocycles. The molecule has 0 bridgehead atoms. The van der Waals surface area contributed by atoms with Gasteiger partial charge in [-0.3, -0.25) is 4.57 Å². The summed E-state index contributed by atoms with van der Waals surface area (Å²) >= 11 is 0. The molecule has 0 aliphatic rings. The standard InChI is InChI=1S/C19H36NO7P/c1-10-24-17(21)16(20-18(22)25-19(7,8)9)11-15(6)12-28(23,26-13(2)3)27-14(4)5/h11,13-14,16H,10,12H2,1-9H3,(H,20,22)/t16-/m1/s1. The van der Waals surface area contributed by atoms with Crippen molar-refractivity contribution in [1.82, 2.24) is 5.32 Å². The first-order valence-corrected chi connectivity index (χ1v) is 11.2. The Morgan fingerprint density at radius 3 is 1.96 bits per heavy atom. The quantitative estimate of drug-likeness (QED) is 0.316. The maximum absolute atomic E-state index is 13.0. The molecule has 9 heteroatoms. The monoisotopic (exact) mass is 421 g/mol. The number of amides is 1. The van der Waals surface area contributed by atoms with Gasteiger partial charge in [0.15, 0.2) is 0 Å². The Kier molecular flexibility index (Phi) is 11.0. The zero-order valence-corrected chi connectivity index (χ0v) is 19.4. The van der Waals surface area contributed by atoms with E-state index in [0.717, 1.165) is 0 Å². The summed E-state index contributed by atoms with van der Waals surface area (Å²) < 4.78 is 34.3. The second-order valence-electron chi connectivity index (χ2n) is 7.97. The van der Waals surface area contributed by atoms with Gasteiger partial charge >= 0.3 is 19.7 Å². The van der Waals surface area contributed by atoms with Gasteiger partial charge in [0.25, 0.3) is 0 Å². The summed E-state index contributed by atoms with van der Waals surface area (Å²) in [6.07, 6.45) is 0.114. The Hall–Kier alpha value is -1.37. The second kappa shape index (κ2) is 11.6. The van der Waals surface area contributed by atoms with Gasteiger partial charge in [-0.1, -0.05) is 11.6 Å². The second-order valence-corrected chi connectivity index (χ2v) is 9.93. The zero-order valence-electron chi connectivity index (χ0n) is 18.5. The van der Waals surface area contributed by atoms with E-state index in [1.54, 1.807) is 62.3 Å². The Balaban J connectivity index is 5.47. The molecule has 0 saturated heterocycles. The lowest BCUT2D eigenvalue weighted by Gasteiger charge is -2.24. The summed E-state index contributed by atoms with van der Waals surface area (Å²) in [4.78, 5) is 24.3. The summed E-state index contributed by atoms with van der Waals surface area (Å²) in [5.74, 6) is -0.642. The van der Waals surface area contributed by atoms with E-state index in [1.165, 1.54) is 6.08 Å². The van der Waals surface area contributed by atoms with Crippen molar-refractivity contribution in [3.05, 3.63) is 11.6 Å². The van der Waals surface area contributed by atoms with E-state index >= 15 is 0 Å². The number of rotatable bonds is 10. The number of esters is 1. The van der Waals surface area contributed by atoms with Crippen molar-refractivity contribution in [2.75, 3.05) is 12.8 Å². The summed E-state index contributed by atoms with van der Waals surface area (Å²) in [5.41, 5.74) is -0.160. The number of alkyl carbamates (subject to hydrolysis) is 1. The Labute approximate surface area is 168 Å². The van der Waals surface area contributed by atoms with Gasteiger partial charge in [-0.25, -0.2) is 9.59 Å². The van der Waals surface area contributed by atoms with Crippen molar-refractivity contribution in [3.63, 3.8) is 0 Å². The summed E-state index contributed by atoms with van der Waals surface area (Å²) in [7, 11) is -3.42. The number of hydrogen-bond acceptors (Lipinski definition) is 7. The smallest absolute Gasteiger partial charge is 0.408 e. The van der Waals surface area contributed by atoms with E-state index in [1.807, 2.05) is 0 Å². The van der Waals surface area contributed by atoms with E-state index in [0.29, 0.717) is 5.57 Å². The van der Waals surface area contributed by atoms with Crippen LogP contribution in [0.4, 0.5) is 4.79 Å². The van der Waals surface area contributed by atoms with Crippen LogP contribution < -0.4 is 5.32 Å². The van der Waals surface area contributed by atoms with Crippen LogP contribution in [0.5, 0.6) is 0 Å². The van der Waals surface area contributed by atoms with E-state index in [2.05, 4.69) is 5.32 Å². The molecule has 0 spiro atoms. The fourth-order valence-electron chi connectivity index (χ4n) is 2.22. The molecule has 8 nitrogen and oxygen atoms in total. The molecule has 0 saturated carbocycles. The third-order valence-corrected chi connectivity index (χ3v) is 5.22. The van der Waals surface area contributed by atoms with E-state index in [-0.39, 0.29) is 25.0 Å². The molecule has 28 heavy (non-hydrogen) atoms. The molecule has 0 unspecified atom stereocenters. The molecule has 0 heterocycles. The van der Waals surface area contributed by atoms with Crippen LogP contribution in [-0.4, -0.2) is 48.7 Å². The number of ether oxygens (including phenoxy) is 2. The van der Waals surface area contributed by atoms with Crippen molar-refractivity contribution in [3.8, 4) is 0 Å². The van der Waals surface area contributed by atoms with Crippen LogP contribution in [0.2, 0.25) is 0 Å². The molecule has 1 atom stereocenters. The number of carbonyl (C=O) groups is 2. The van der Waals surface area contributed by atoms with Gasteiger partial charge < -0.3 is 23.8 Å². The predicted molar refractivity (Wildman–Crippen MR) is 108 cm³/mol. The molecule has 0 aromatic heterocycles. The third kappa shape index (κ3) is 12.2. The zero-order chi connectivity index (χ0) is 22.1. The van der Waals surface area contributed by atoms with Gasteiger partial charge in [-0.05, 0) is 62.3 Å². The van der Waals surface area contributed by atoms with Gasteiger partial charge in [-0.2, -0.15) is 0 Å². The third-order valence-electron chi connectivity index (χ3n) is 2.85. The molecule has 0 radical (unpaired) electrons. The predicted octanol–water partition coefficient (Wildman–Crippen LogP) is 4.43. The average Bonchev–Trinajstić information content (AvgIpc) is 2.41. The number of hydrogen-bond donors (Lipinski definition) is 1. The first kappa shape index (κ1) is 26.6. The van der Waals surface area contributed by atoms with Crippen LogP contribution in [0.25, 0.3) is 0 Å². The molecule has 0 fully saturated rings. The van der Waals surface area contributed by atoms with Crippen molar-refractivity contribution in [1.29, 1.82) is 0 Å². The Bertz CT molecular complexity index is 580. The highest BCUT2D eigenvalue weighted by atomic mass is 31.2. The van der Waals surface area contributed by atoms with Gasteiger partial charge in [-0.15, -0.1) is 0 Å². The molecule has 0 aromatic carbocycles. The van der Waals surface area contributed by atoms with Gasteiger partial charge in [0.2, 0.25) is 0 Å². The lowest BCUT2D eigenvalue weighted by molar-refractivity contribution is -0.144. The van der Waals surface area contributed by atoms with Crippen LogP contribution in [-0.2, 0) is 27.9 Å². The van der Waals surface area contributed by atoms with Crippen LogP contribution >= 0.6 is 7.60 Å². The topological polar surface area (TPSA) is 100 Å². The molecule has 1 N–H and O–H groups in total. The van der Waals surface area contributed by atoms with E-state index in [4.69, 9.17) is 18.5 Å². The molecule has 164 valence electrons. The first-order chi connectivity index (χ1) is 12.7. The summed E-state index contributed by atoms with van der Waals surface area (Å²) in [6.45, 7) is 15.7. The fourth-order valence-corrected chi connectivity index (χ4v) is 4.42. The van der Waals surface area contributed by atoms with Gasteiger partial charge in [0.1, 0.15) is 11.6 Å². The normalized spacial score (nSPS) is 14.2. The van der Waals surface area contributed by atoms with Gasteiger partial charge in [0.05, 0.1) is 25.0 Å². The maximum Gasteiger partial charge on any atom is 0.408 e. The Morgan fingerprint density at radius 1 is 1.07 bits per heavy atom. The molecule has 0 rings (SSSR count). The average molecular weight is 421 g/mol. The molecular weight excluding hydrogens is 385 g/mol. The molecule has 0 aliphatic heterocycles. The highest BCUT2D eigenvalue weighted by Gasteiger charge is 2.30. The molecule has 0 aromatic rings. The highest BCUT2D eigenvalue weighted by molar-refractivity contribution is 7.54. The van der Waals surface area contributed by atoms with Crippen LogP contribution in [0.1, 0.15) is 62.3 Å². The van der Waals surface area contributed by atoms with Crippen molar-refractivity contribution in [2.24, 2.45) is 0 Å². The van der Waals surface area contributed by atoms with Crippen molar-refractivity contribution in [2.45, 2.75) is 86.2 Å². The Morgan fingerprint density at radius 2 is 1.57 bits per heavy atom. The molecule has 1 amide bonds. The highest BCUT2D eigenvalue weighted by Crippen LogP contribution is 2.51. The SMILES string of the molecule is CCOC(=O)[C@@H](C=C(C)CP(=O)(OC(C)C)OC(C)C)NC(=O)OC(C)(C)C. The first-order valence-electron chi connectivity index (χ1n) is 9.46. The number of nitrogens with one attached hydrogen (secondary N) is 1. The minimum absolute atomic E-state index is 0.0186. The van der Waals surface area contributed by atoms with Crippen LogP contribution in [0.15, 0.2) is 11.6 Å². The van der Waals surface area contributed by atoms with Gasteiger partial charge in [0, 0.05) is 0 Å². The number of allylic oxidation sites excluding steroid dienone is 1. The van der Waals surface area contributed by atoms with E-state index < -0.39 is 31.3 Å². The van der Waals surface area contributed by atoms with E-state index in [9.17, 15) is 14.2 Å². The lowest BCUT2D eigenvalue weighted by atomic mass is 10.2. The fraction of sp³-hybridized carbons (Fsp3) is 0.789. The maximum atomic E-state index is 13.0. The summed E-state index contributed by atoms with van der Waals surface area (Å²) in [6, 6.07) is -1.08. The van der Waals surface area contributed by atoms with Crippen LogP contribution in [0, 0.1) is 0 Å². The molecular formula is C19H36NO7P. The van der Waals surface area contributed by atoms with Crippen molar-refractivity contribution >= 4 is 19.7 Å². The largest absolute Gasteiger partial charge is 0.464 e. The minimum Gasteiger partial charge on any atom is -0.464 e.